The van der Waals surface area contributed by atoms with Gasteiger partial charge in [-0.2, -0.15) is 0 Å². The molecule has 1 heterocycles. The van der Waals surface area contributed by atoms with Gasteiger partial charge >= 0.3 is 0 Å². The highest BCUT2D eigenvalue weighted by Gasteiger charge is 2.27. The molecular weight excluding hydrogens is 178 g/mol. The van der Waals surface area contributed by atoms with Gasteiger partial charge in [-0.05, 0) is 26.3 Å². The zero-order valence-electron chi connectivity index (χ0n) is 9.58. The number of methoxy groups -OCH3 is 1. The topological polar surface area (TPSA) is 30.5 Å². The molecule has 0 amide bonds. The van der Waals surface area contributed by atoms with Crippen molar-refractivity contribution in [2.24, 2.45) is 5.92 Å². The minimum atomic E-state index is 0.265. The lowest BCUT2D eigenvalue weighted by molar-refractivity contribution is -0.00260. The third kappa shape index (κ3) is 3.23. The number of rotatable bonds is 5. The average molecular weight is 201 g/mol. The Labute approximate surface area is 87.2 Å². The molecule has 1 rings (SSSR count). The van der Waals surface area contributed by atoms with E-state index in [4.69, 9.17) is 9.47 Å². The Hall–Kier alpha value is -0.120. The normalized spacial score (nSPS) is 27.2. The summed E-state index contributed by atoms with van der Waals surface area (Å²) in [4.78, 5) is 0. The summed E-state index contributed by atoms with van der Waals surface area (Å²) in [6.07, 6.45) is 2.70. The number of hydrogen-bond acceptors (Lipinski definition) is 3. The molecule has 1 aliphatic rings. The molecule has 1 saturated heterocycles. The monoisotopic (exact) mass is 201 g/mol. The van der Waals surface area contributed by atoms with Gasteiger partial charge in [-0.3, -0.25) is 0 Å². The molecule has 0 radical (unpaired) electrons. The predicted octanol–water partition coefficient (Wildman–Crippen LogP) is 1.43. The van der Waals surface area contributed by atoms with Gasteiger partial charge in [-0.15, -0.1) is 0 Å². The van der Waals surface area contributed by atoms with Crippen molar-refractivity contribution in [3.05, 3.63) is 0 Å². The Morgan fingerprint density at radius 3 is 2.86 bits per heavy atom. The van der Waals surface area contributed by atoms with Crippen LogP contribution in [0.1, 0.15) is 26.7 Å². The summed E-state index contributed by atoms with van der Waals surface area (Å²) in [6.45, 7) is 7.07. The highest BCUT2D eigenvalue weighted by atomic mass is 16.5. The first-order valence-corrected chi connectivity index (χ1v) is 5.63. The number of likely N-dealkylation sites (N-methyl/N-ethyl adjacent to an activating group) is 1. The first kappa shape index (κ1) is 12.0. The number of ether oxygens (including phenoxy) is 2. The predicted molar refractivity (Wildman–Crippen MR) is 57.5 cm³/mol. The van der Waals surface area contributed by atoms with Gasteiger partial charge < -0.3 is 14.8 Å². The van der Waals surface area contributed by atoms with E-state index in [0.717, 1.165) is 19.8 Å². The van der Waals surface area contributed by atoms with E-state index in [0.29, 0.717) is 12.0 Å². The molecular formula is C11H23NO2. The molecule has 1 N–H and O–H groups in total. The van der Waals surface area contributed by atoms with Gasteiger partial charge in [0.25, 0.3) is 0 Å². The summed E-state index contributed by atoms with van der Waals surface area (Å²) < 4.78 is 10.9. The maximum Gasteiger partial charge on any atom is 0.0699 e. The van der Waals surface area contributed by atoms with E-state index in [1.54, 1.807) is 7.11 Å². The molecule has 3 unspecified atom stereocenters. The van der Waals surface area contributed by atoms with E-state index in [2.05, 4.69) is 19.2 Å². The summed E-state index contributed by atoms with van der Waals surface area (Å²) in [5.74, 6) is 0.610. The van der Waals surface area contributed by atoms with Crippen LogP contribution in [-0.2, 0) is 9.47 Å². The Morgan fingerprint density at radius 2 is 2.36 bits per heavy atom. The molecule has 0 bridgehead atoms. The lowest BCUT2D eigenvalue weighted by Gasteiger charge is -2.34. The van der Waals surface area contributed by atoms with Crippen LogP contribution in [0.25, 0.3) is 0 Å². The van der Waals surface area contributed by atoms with Crippen molar-refractivity contribution in [1.29, 1.82) is 0 Å². The van der Waals surface area contributed by atoms with Crippen molar-refractivity contribution in [2.45, 2.75) is 38.8 Å². The van der Waals surface area contributed by atoms with Crippen LogP contribution in [0.3, 0.4) is 0 Å². The first-order valence-electron chi connectivity index (χ1n) is 5.63. The minimum Gasteiger partial charge on any atom is -0.381 e. The molecule has 14 heavy (non-hydrogen) atoms. The van der Waals surface area contributed by atoms with Crippen LogP contribution in [0, 0.1) is 5.92 Å². The summed E-state index contributed by atoms with van der Waals surface area (Å²) in [6, 6.07) is 0.435. The van der Waals surface area contributed by atoms with Crippen molar-refractivity contribution in [3.8, 4) is 0 Å². The maximum absolute atomic E-state index is 5.51. The van der Waals surface area contributed by atoms with Crippen LogP contribution in [0.4, 0.5) is 0 Å². The van der Waals surface area contributed by atoms with Gasteiger partial charge in [-0.25, -0.2) is 0 Å². The SMILES string of the molecule is CCNC(C1CCCOC1)C(C)OC. The molecule has 0 aromatic rings. The Bertz CT molecular complexity index is 146. The summed E-state index contributed by atoms with van der Waals surface area (Å²) in [5, 5.41) is 3.50. The van der Waals surface area contributed by atoms with Crippen molar-refractivity contribution in [2.75, 3.05) is 26.9 Å². The van der Waals surface area contributed by atoms with Crippen LogP contribution >= 0.6 is 0 Å². The van der Waals surface area contributed by atoms with Gasteiger partial charge in [-0.1, -0.05) is 6.92 Å². The fourth-order valence-corrected chi connectivity index (χ4v) is 2.15. The molecule has 3 nitrogen and oxygen atoms in total. The summed E-state index contributed by atoms with van der Waals surface area (Å²) >= 11 is 0. The van der Waals surface area contributed by atoms with Crippen molar-refractivity contribution >= 4 is 0 Å². The first-order chi connectivity index (χ1) is 6.79. The fraction of sp³-hybridized carbons (Fsp3) is 1.00. The Kier molecular flexibility index (Phi) is 5.45. The second-order valence-corrected chi connectivity index (χ2v) is 4.00. The molecule has 0 aromatic heterocycles. The largest absolute Gasteiger partial charge is 0.381 e. The van der Waals surface area contributed by atoms with E-state index in [-0.39, 0.29) is 6.10 Å². The lowest BCUT2D eigenvalue weighted by atomic mass is 9.90. The molecule has 3 heteroatoms. The quantitative estimate of drug-likeness (QED) is 0.730. The molecule has 84 valence electrons. The highest BCUT2D eigenvalue weighted by molar-refractivity contribution is 4.82. The second kappa shape index (κ2) is 6.38. The second-order valence-electron chi connectivity index (χ2n) is 4.00. The molecule has 0 aromatic carbocycles. The van der Waals surface area contributed by atoms with E-state index in [1.807, 2.05) is 0 Å². The number of nitrogens with one attached hydrogen (secondary N) is 1. The molecule has 0 saturated carbocycles. The third-order valence-corrected chi connectivity index (χ3v) is 3.02. The maximum atomic E-state index is 5.51. The van der Waals surface area contributed by atoms with Crippen LogP contribution < -0.4 is 5.32 Å². The van der Waals surface area contributed by atoms with E-state index in [1.165, 1.54) is 12.8 Å². The van der Waals surface area contributed by atoms with Gasteiger partial charge in [0.05, 0.1) is 12.7 Å². The fourth-order valence-electron chi connectivity index (χ4n) is 2.15. The minimum absolute atomic E-state index is 0.265. The molecule has 1 fully saturated rings. The average Bonchev–Trinajstić information content (AvgIpc) is 2.26. The van der Waals surface area contributed by atoms with Gasteiger partial charge in [0.15, 0.2) is 0 Å². The van der Waals surface area contributed by atoms with E-state index in [9.17, 15) is 0 Å². The van der Waals surface area contributed by atoms with E-state index < -0.39 is 0 Å². The molecule has 0 aliphatic carbocycles. The lowest BCUT2D eigenvalue weighted by Crippen LogP contribution is -2.47. The molecule has 3 atom stereocenters. The van der Waals surface area contributed by atoms with Crippen LogP contribution in [0.15, 0.2) is 0 Å². The standard InChI is InChI=1S/C11H23NO2/c1-4-12-11(9(2)13-3)10-6-5-7-14-8-10/h9-12H,4-8H2,1-3H3. The van der Waals surface area contributed by atoms with Gasteiger partial charge in [0.1, 0.15) is 0 Å². The van der Waals surface area contributed by atoms with Crippen LogP contribution in [0.2, 0.25) is 0 Å². The highest BCUT2D eigenvalue weighted by Crippen LogP contribution is 2.20. The van der Waals surface area contributed by atoms with Crippen LogP contribution in [-0.4, -0.2) is 39.0 Å². The zero-order chi connectivity index (χ0) is 10.4. The Morgan fingerprint density at radius 1 is 1.57 bits per heavy atom. The van der Waals surface area contributed by atoms with Crippen LogP contribution in [0.5, 0.6) is 0 Å². The molecule has 1 aliphatic heterocycles. The van der Waals surface area contributed by atoms with Crippen molar-refractivity contribution in [3.63, 3.8) is 0 Å². The Balaban J connectivity index is 2.46. The van der Waals surface area contributed by atoms with Gasteiger partial charge in [0, 0.05) is 25.7 Å². The summed E-state index contributed by atoms with van der Waals surface area (Å²) in [7, 11) is 1.78. The zero-order valence-corrected chi connectivity index (χ0v) is 9.58. The van der Waals surface area contributed by atoms with Gasteiger partial charge in [0.2, 0.25) is 0 Å². The smallest absolute Gasteiger partial charge is 0.0699 e. The summed E-state index contributed by atoms with van der Waals surface area (Å²) in [5.41, 5.74) is 0. The molecule has 0 spiro atoms. The van der Waals surface area contributed by atoms with E-state index >= 15 is 0 Å². The third-order valence-electron chi connectivity index (χ3n) is 3.02. The number of hydrogen-bond donors (Lipinski definition) is 1. The van der Waals surface area contributed by atoms with Crippen molar-refractivity contribution in [1.82, 2.24) is 5.32 Å². The van der Waals surface area contributed by atoms with Crippen molar-refractivity contribution < 1.29 is 9.47 Å².